The minimum atomic E-state index is -1.61. The molecule has 4 rings (SSSR count). The lowest BCUT2D eigenvalue weighted by Crippen LogP contribution is -2.60. The molecule has 1 aliphatic heterocycles. The SMILES string of the molecule is CC(C)[C@H]1CC(C(=O)NCc2ccc(O)cc2)[C@@H](C(=O)NCc2ccc(O)cc2)CC1O[C@H]1OC(CO)[C@@H](O)[C@H](O)C1O. The van der Waals surface area contributed by atoms with Gasteiger partial charge in [0.25, 0.3) is 0 Å². The van der Waals surface area contributed by atoms with E-state index in [4.69, 9.17) is 9.47 Å². The fraction of sp³-hybridized carbons (Fsp3) is 0.548. The molecule has 1 heterocycles. The Bertz CT molecular complexity index is 1210. The lowest BCUT2D eigenvalue weighted by Gasteiger charge is -2.46. The van der Waals surface area contributed by atoms with Gasteiger partial charge in [-0.1, -0.05) is 38.1 Å². The van der Waals surface area contributed by atoms with E-state index in [0.717, 1.165) is 11.1 Å². The summed E-state index contributed by atoms with van der Waals surface area (Å²) in [5, 5.41) is 65.6. The van der Waals surface area contributed by atoms with Crippen LogP contribution in [-0.2, 0) is 32.2 Å². The predicted octanol–water partition coefficient (Wildman–Crippen LogP) is 0.514. The molecule has 2 fully saturated rings. The lowest BCUT2D eigenvalue weighted by molar-refractivity contribution is -0.319. The number of carbonyl (C=O) groups is 2. The Morgan fingerprint density at radius 1 is 0.814 bits per heavy atom. The fourth-order valence-electron chi connectivity index (χ4n) is 5.86. The maximum atomic E-state index is 13.6. The second-order valence-electron chi connectivity index (χ2n) is 11.7. The van der Waals surface area contributed by atoms with Crippen LogP contribution in [0.25, 0.3) is 0 Å². The molecule has 9 atom stereocenters. The molecule has 4 unspecified atom stereocenters. The Hall–Kier alpha value is -3.26. The Labute approximate surface area is 250 Å². The average molecular weight is 603 g/mol. The zero-order valence-corrected chi connectivity index (χ0v) is 24.2. The van der Waals surface area contributed by atoms with Crippen LogP contribution in [0.1, 0.15) is 37.8 Å². The van der Waals surface area contributed by atoms with Gasteiger partial charge in [0.15, 0.2) is 6.29 Å². The molecule has 43 heavy (non-hydrogen) atoms. The third kappa shape index (κ3) is 8.02. The van der Waals surface area contributed by atoms with Crippen molar-refractivity contribution in [2.75, 3.05) is 6.61 Å². The van der Waals surface area contributed by atoms with Crippen LogP contribution in [0.3, 0.4) is 0 Å². The van der Waals surface area contributed by atoms with E-state index < -0.39 is 55.3 Å². The molecule has 12 nitrogen and oxygen atoms in total. The number of aromatic hydroxyl groups is 2. The first-order chi connectivity index (χ1) is 20.5. The molecule has 0 radical (unpaired) electrons. The van der Waals surface area contributed by atoms with Crippen LogP contribution in [0.2, 0.25) is 0 Å². The number of aliphatic hydroxyl groups excluding tert-OH is 4. The Morgan fingerprint density at radius 3 is 1.77 bits per heavy atom. The molecule has 0 spiro atoms. The predicted molar refractivity (Wildman–Crippen MR) is 153 cm³/mol. The summed E-state index contributed by atoms with van der Waals surface area (Å²) in [6.45, 7) is 3.70. The van der Waals surface area contributed by atoms with Gasteiger partial charge in [-0.2, -0.15) is 0 Å². The van der Waals surface area contributed by atoms with Crippen molar-refractivity contribution >= 4 is 11.8 Å². The van der Waals surface area contributed by atoms with Crippen LogP contribution in [0.15, 0.2) is 48.5 Å². The van der Waals surface area contributed by atoms with Crippen molar-refractivity contribution in [2.24, 2.45) is 23.7 Å². The standard InChI is InChI=1S/C31H42N2O10/c1-16(2)21-11-22(29(40)32-13-17-3-7-19(35)8-4-17)23(30(41)33-14-18-5-9-20(36)10-6-18)12-24(21)42-31-28(39)27(38)26(37)25(15-34)43-31/h3-10,16,21-28,31,34-39H,11-15H2,1-2H3,(H,32,40)(H,33,41)/t21-,22?,23+,24?,25?,26-,27+,28?,31+/m1/s1. The van der Waals surface area contributed by atoms with E-state index in [9.17, 15) is 40.2 Å². The van der Waals surface area contributed by atoms with Gasteiger partial charge in [-0.25, -0.2) is 0 Å². The summed E-state index contributed by atoms with van der Waals surface area (Å²) in [5.74, 6) is -2.24. The maximum absolute atomic E-state index is 13.6. The highest BCUT2D eigenvalue weighted by molar-refractivity contribution is 5.88. The van der Waals surface area contributed by atoms with E-state index in [1.54, 1.807) is 24.3 Å². The summed E-state index contributed by atoms with van der Waals surface area (Å²) in [7, 11) is 0. The number of rotatable bonds is 10. The zero-order valence-electron chi connectivity index (χ0n) is 24.2. The van der Waals surface area contributed by atoms with Gasteiger partial charge in [0, 0.05) is 19.0 Å². The Kier molecular flexibility index (Phi) is 11.0. The molecule has 1 saturated heterocycles. The molecule has 1 saturated carbocycles. The molecule has 236 valence electrons. The maximum Gasteiger partial charge on any atom is 0.224 e. The number of hydrogen-bond acceptors (Lipinski definition) is 10. The quantitative estimate of drug-likeness (QED) is 0.190. The number of nitrogens with one attached hydrogen (secondary N) is 2. The van der Waals surface area contributed by atoms with Crippen molar-refractivity contribution in [3.05, 3.63) is 59.7 Å². The number of phenols is 2. The largest absolute Gasteiger partial charge is 0.508 e. The van der Waals surface area contributed by atoms with Gasteiger partial charge in [-0.05, 0) is 60.1 Å². The van der Waals surface area contributed by atoms with Crippen LogP contribution in [-0.4, -0.2) is 85.9 Å². The summed E-state index contributed by atoms with van der Waals surface area (Å²) < 4.78 is 11.8. The topological polar surface area (TPSA) is 198 Å². The van der Waals surface area contributed by atoms with Crippen LogP contribution in [0, 0.1) is 23.7 Å². The third-order valence-electron chi connectivity index (χ3n) is 8.47. The molecule has 8 N–H and O–H groups in total. The van der Waals surface area contributed by atoms with Gasteiger partial charge in [0.05, 0.1) is 18.6 Å². The summed E-state index contributed by atoms with van der Waals surface area (Å²) in [6.07, 6.45) is -7.53. The highest BCUT2D eigenvalue weighted by Crippen LogP contribution is 2.41. The van der Waals surface area contributed by atoms with Crippen LogP contribution < -0.4 is 10.6 Å². The molecule has 0 bridgehead atoms. The van der Waals surface area contributed by atoms with Gasteiger partial charge in [-0.15, -0.1) is 0 Å². The highest BCUT2D eigenvalue weighted by atomic mass is 16.7. The number of hydrogen-bond donors (Lipinski definition) is 8. The van der Waals surface area contributed by atoms with Crippen molar-refractivity contribution in [3.8, 4) is 11.5 Å². The monoisotopic (exact) mass is 602 g/mol. The van der Waals surface area contributed by atoms with Crippen molar-refractivity contribution in [1.82, 2.24) is 10.6 Å². The van der Waals surface area contributed by atoms with Crippen LogP contribution in [0.5, 0.6) is 11.5 Å². The number of aliphatic hydroxyl groups is 4. The number of carbonyl (C=O) groups excluding carboxylic acids is 2. The molecular weight excluding hydrogens is 560 g/mol. The molecular formula is C31H42N2O10. The first-order valence-electron chi connectivity index (χ1n) is 14.6. The van der Waals surface area contributed by atoms with Gasteiger partial charge in [0.1, 0.15) is 35.9 Å². The number of amides is 2. The summed E-state index contributed by atoms with van der Waals surface area (Å²) >= 11 is 0. The minimum absolute atomic E-state index is 0.00305. The normalized spacial score (nSPS) is 31.0. The van der Waals surface area contributed by atoms with Gasteiger partial charge in [0.2, 0.25) is 11.8 Å². The van der Waals surface area contributed by atoms with E-state index in [1.165, 1.54) is 24.3 Å². The number of benzene rings is 2. The van der Waals surface area contributed by atoms with Gasteiger partial charge in [-0.3, -0.25) is 9.59 Å². The lowest BCUT2D eigenvalue weighted by atomic mass is 9.68. The highest BCUT2D eigenvalue weighted by Gasteiger charge is 2.49. The first kappa shape index (κ1) is 32.6. The van der Waals surface area contributed by atoms with Crippen LogP contribution >= 0.6 is 0 Å². The Morgan fingerprint density at radius 2 is 1.30 bits per heavy atom. The second-order valence-corrected chi connectivity index (χ2v) is 11.7. The second kappa shape index (κ2) is 14.5. The fourth-order valence-corrected chi connectivity index (χ4v) is 5.86. The van der Waals surface area contributed by atoms with Crippen molar-refractivity contribution in [1.29, 1.82) is 0 Å². The van der Waals surface area contributed by atoms with Gasteiger partial charge < -0.3 is 50.7 Å². The van der Waals surface area contributed by atoms with E-state index in [-0.39, 0.29) is 54.7 Å². The number of ether oxygens (including phenoxy) is 2. The smallest absolute Gasteiger partial charge is 0.224 e. The van der Waals surface area contributed by atoms with E-state index in [2.05, 4.69) is 10.6 Å². The van der Waals surface area contributed by atoms with Crippen LogP contribution in [0.4, 0.5) is 0 Å². The first-order valence-corrected chi connectivity index (χ1v) is 14.6. The summed E-state index contributed by atoms with van der Waals surface area (Å²) in [5.41, 5.74) is 1.53. The summed E-state index contributed by atoms with van der Waals surface area (Å²) in [6, 6.07) is 12.8. The molecule has 2 amide bonds. The van der Waals surface area contributed by atoms with Crippen molar-refractivity contribution in [3.63, 3.8) is 0 Å². The zero-order chi connectivity index (χ0) is 31.3. The Balaban J connectivity index is 1.54. The van der Waals surface area contributed by atoms with E-state index in [1.807, 2.05) is 13.8 Å². The van der Waals surface area contributed by atoms with E-state index in [0.29, 0.717) is 6.42 Å². The molecule has 12 heteroatoms. The molecule has 2 aliphatic rings. The molecule has 1 aliphatic carbocycles. The van der Waals surface area contributed by atoms with Crippen molar-refractivity contribution < 1.29 is 49.7 Å². The molecule has 0 aromatic heterocycles. The van der Waals surface area contributed by atoms with Crippen molar-refractivity contribution in [2.45, 2.75) is 76.6 Å². The van der Waals surface area contributed by atoms with E-state index >= 15 is 0 Å². The molecule has 2 aromatic rings. The summed E-state index contributed by atoms with van der Waals surface area (Å²) in [4.78, 5) is 27.2. The third-order valence-corrected chi connectivity index (χ3v) is 8.47. The van der Waals surface area contributed by atoms with Gasteiger partial charge >= 0.3 is 0 Å². The average Bonchev–Trinajstić information content (AvgIpc) is 3.00. The number of phenolic OH excluding ortho intramolecular Hbond substituents is 2. The molecule has 2 aromatic carbocycles. The minimum Gasteiger partial charge on any atom is -0.508 e.